The Bertz CT molecular complexity index is 1330. The van der Waals surface area contributed by atoms with E-state index in [4.69, 9.17) is 4.74 Å². The van der Waals surface area contributed by atoms with Gasteiger partial charge in [0, 0.05) is 80.1 Å². The molecule has 0 spiro atoms. The van der Waals surface area contributed by atoms with E-state index in [1.54, 1.807) is 18.6 Å². The van der Waals surface area contributed by atoms with Crippen LogP contribution in [-0.4, -0.2) is 54.8 Å². The molecule has 1 atom stereocenters. The number of hydrogen-bond donors (Lipinski definition) is 0. The van der Waals surface area contributed by atoms with Crippen LogP contribution in [-0.2, 0) is 22.5 Å². The lowest BCUT2D eigenvalue weighted by Gasteiger charge is -2.32. The minimum atomic E-state index is 0.0622. The number of piperidine rings is 1. The first-order valence-corrected chi connectivity index (χ1v) is 13.5. The maximum absolute atomic E-state index is 12.7. The van der Waals surface area contributed by atoms with E-state index in [0.717, 1.165) is 63.2 Å². The number of nitrogens with zero attached hydrogens (tertiary/aromatic N) is 6. The molecule has 1 aromatic carbocycles. The Labute approximate surface area is 217 Å². The SMILES string of the molecule is O=C(CCc1cnccn1)N1CCC(Cn2ccc3cc(-c4cnn(C5CCCCO5)c4)ccc32)CC1. The van der Waals surface area contributed by atoms with Crippen molar-refractivity contribution in [3.05, 3.63) is 67.1 Å². The third-order valence-electron chi connectivity index (χ3n) is 7.79. The molecule has 4 aromatic rings. The van der Waals surface area contributed by atoms with Gasteiger partial charge in [0.1, 0.15) is 6.23 Å². The zero-order chi connectivity index (χ0) is 25.0. The molecule has 0 saturated carbocycles. The van der Waals surface area contributed by atoms with Gasteiger partial charge in [-0.2, -0.15) is 5.10 Å². The van der Waals surface area contributed by atoms with Gasteiger partial charge < -0.3 is 14.2 Å². The smallest absolute Gasteiger partial charge is 0.222 e. The van der Waals surface area contributed by atoms with E-state index in [-0.39, 0.29) is 12.1 Å². The van der Waals surface area contributed by atoms with Crippen molar-refractivity contribution >= 4 is 16.8 Å². The lowest BCUT2D eigenvalue weighted by Crippen LogP contribution is -2.39. The molecule has 1 amide bonds. The summed E-state index contributed by atoms with van der Waals surface area (Å²) in [5, 5.41) is 5.82. The van der Waals surface area contributed by atoms with Crippen LogP contribution in [0.3, 0.4) is 0 Å². The van der Waals surface area contributed by atoms with Crippen LogP contribution < -0.4 is 0 Å². The largest absolute Gasteiger partial charge is 0.357 e. The highest BCUT2D eigenvalue weighted by Gasteiger charge is 2.23. The monoisotopic (exact) mass is 498 g/mol. The van der Waals surface area contributed by atoms with Gasteiger partial charge in [-0.15, -0.1) is 0 Å². The van der Waals surface area contributed by atoms with Crippen LogP contribution in [0.1, 0.15) is 50.4 Å². The number of carbonyl (C=O) groups excluding carboxylic acids is 1. The predicted molar refractivity (Wildman–Crippen MR) is 142 cm³/mol. The molecule has 0 bridgehead atoms. The minimum Gasteiger partial charge on any atom is -0.357 e. The van der Waals surface area contributed by atoms with E-state index in [9.17, 15) is 4.79 Å². The van der Waals surface area contributed by atoms with Crippen molar-refractivity contribution in [2.75, 3.05) is 19.7 Å². The maximum Gasteiger partial charge on any atom is 0.222 e. The number of ether oxygens (including phenoxy) is 1. The Morgan fingerprint density at radius 2 is 1.95 bits per heavy atom. The van der Waals surface area contributed by atoms with E-state index in [2.05, 4.69) is 56.3 Å². The summed E-state index contributed by atoms with van der Waals surface area (Å²) in [5.74, 6) is 0.800. The van der Waals surface area contributed by atoms with E-state index in [1.165, 1.54) is 22.9 Å². The number of rotatable bonds is 7. The van der Waals surface area contributed by atoms with Gasteiger partial charge in [-0.1, -0.05) is 6.07 Å². The molecule has 1 unspecified atom stereocenters. The van der Waals surface area contributed by atoms with Crippen molar-refractivity contribution in [2.45, 2.75) is 57.7 Å². The molecule has 6 rings (SSSR count). The van der Waals surface area contributed by atoms with Gasteiger partial charge in [0.25, 0.3) is 0 Å². The van der Waals surface area contributed by atoms with Gasteiger partial charge in [0.2, 0.25) is 5.91 Å². The Morgan fingerprint density at radius 1 is 1.03 bits per heavy atom. The molecule has 192 valence electrons. The second-order valence-electron chi connectivity index (χ2n) is 10.3. The van der Waals surface area contributed by atoms with Crippen molar-refractivity contribution in [1.82, 2.24) is 29.2 Å². The number of aromatic nitrogens is 5. The molecule has 0 radical (unpaired) electrons. The molecule has 2 saturated heterocycles. The lowest BCUT2D eigenvalue weighted by atomic mass is 9.96. The van der Waals surface area contributed by atoms with E-state index in [1.807, 2.05) is 15.8 Å². The van der Waals surface area contributed by atoms with Crippen LogP contribution in [0.15, 0.2) is 61.4 Å². The second-order valence-corrected chi connectivity index (χ2v) is 10.3. The summed E-state index contributed by atoms with van der Waals surface area (Å²) < 4.78 is 10.2. The number of benzene rings is 1. The molecule has 5 heterocycles. The van der Waals surface area contributed by atoms with Gasteiger partial charge in [-0.05, 0) is 68.2 Å². The summed E-state index contributed by atoms with van der Waals surface area (Å²) in [6, 6.07) is 8.89. The van der Waals surface area contributed by atoms with Crippen molar-refractivity contribution in [1.29, 1.82) is 0 Å². The van der Waals surface area contributed by atoms with E-state index in [0.29, 0.717) is 18.8 Å². The first-order chi connectivity index (χ1) is 18.2. The molecular weight excluding hydrogens is 464 g/mol. The molecule has 2 aliphatic heterocycles. The van der Waals surface area contributed by atoms with E-state index >= 15 is 0 Å². The number of carbonyl (C=O) groups is 1. The summed E-state index contributed by atoms with van der Waals surface area (Å²) in [4.78, 5) is 23.0. The third kappa shape index (κ3) is 5.44. The van der Waals surface area contributed by atoms with Gasteiger partial charge in [0.15, 0.2) is 0 Å². The van der Waals surface area contributed by atoms with Crippen LogP contribution in [0.4, 0.5) is 0 Å². The van der Waals surface area contributed by atoms with Crippen molar-refractivity contribution in [3.63, 3.8) is 0 Å². The summed E-state index contributed by atoms with van der Waals surface area (Å²) in [7, 11) is 0. The normalized spacial score (nSPS) is 18.9. The molecule has 0 aliphatic carbocycles. The Balaban J connectivity index is 1.04. The Morgan fingerprint density at radius 3 is 2.76 bits per heavy atom. The van der Waals surface area contributed by atoms with E-state index < -0.39 is 0 Å². The molecule has 2 aliphatic rings. The fraction of sp³-hybridized carbons (Fsp3) is 0.448. The standard InChI is InChI=1S/C29H34N6O2/c36-28(7-5-26-19-30-11-12-31-26)33-13-8-22(9-14-33)20-34-15-10-24-17-23(4-6-27(24)34)25-18-32-35(21-25)29-3-1-2-16-37-29/h4,6,10-12,15,17-19,21-22,29H,1-3,5,7-9,13-14,16,20H2. The molecule has 2 fully saturated rings. The number of likely N-dealkylation sites (tertiary alicyclic amines) is 1. The zero-order valence-corrected chi connectivity index (χ0v) is 21.2. The van der Waals surface area contributed by atoms with Crippen molar-refractivity contribution in [3.8, 4) is 11.1 Å². The van der Waals surface area contributed by atoms with Crippen LogP contribution in [0.5, 0.6) is 0 Å². The van der Waals surface area contributed by atoms with Crippen molar-refractivity contribution < 1.29 is 9.53 Å². The van der Waals surface area contributed by atoms with Crippen LogP contribution in [0.2, 0.25) is 0 Å². The predicted octanol–water partition coefficient (Wildman–Crippen LogP) is 4.87. The molecule has 8 nitrogen and oxygen atoms in total. The minimum absolute atomic E-state index is 0.0622. The third-order valence-corrected chi connectivity index (χ3v) is 7.79. The quantitative estimate of drug-likeness (QED) is 0.363. The highest BCUT2D eigenvalue weighted by atomic mass is 16.5. The summed E-state index contributed by atoms with van der Waals surface area (Å²) in [6.45, 7) is 3.48. The Kier molecular flexibility index (Phi) is 6.99. The maximum atomic E-state index is 12.7. The number of aryl methyl sites for hydroxylation is 1. The second kappa shape index (κ2) is 10.8. The summed E-state index contributed by atoms with van der Waals surface area (Å²) in [5.41, 5.74) is 4.44. The molecule has 0 N–H and O–H groups in total. The number of fused-ring (bicyclic) bond motifs is 1. The summed E-state index contributed by atoms with van der Waals surface area (Å²) >= 11 is 0. The van der Waals surface area contributed by atoms with Crippen LogP contribution in [0, 0.1) is 5.92 Å². The molecule has 3 aromatic heterocycles. The van der Waals surface area contributed by atoms with Gasteiger partial charge >= 0.3 is 0 Å². The number of hydrogen-bond acceptors (Lipinski definition) is 5. The lowest BCUT2D eigenvalue weighted by molar-refractivity contribution is -0.132. The highest BCUT2D eigenvalue weighted by molar-refractivity contribution is 5.85. The zero-order valence-electron chi connectivity index (χ0n) is 21.2. The average Bonchev–Trinajstić information content (AvgIpc) is 3.61. The number of amides is 1. The van der Waals surface area contributed by atoms with Crippen molar-refractivity contribution in [2.24, 2.45) is 5.92 Å². The van der Waals surface area contributed by atoms with Crippen LogP contribution in [0.25, 0.3) is 22.0 Å². The van der Waals surface area contributed by atoms with Gasteiger partial charge in [0.05, 0.1) is 11.9 Å². The molecule has 37 heavy (non-hydrogen) atoms. The van der Waals surface area contributed by atoms with Gasteiger partial charge in [-0.3, -0.25) is 14.8 Å². The fourth-order valence-electron chi connectivity index (χ4n) is 5.61. The first-order valence-electron chi connectivity index (χ1n) is 13.5. The average molecular weight is 499 g/mol. The Hall–Kier alpha value is -3.52. The highest BCUT2D eigenvalue weighted by Crippen LogP contribution is 2.29. The van der Waals surface area contributed by atoms with Gasteiger partial charge in [-0.25, -0.2) is 4.68 Å². The topological polar surface area (TPSA) is 78.1 Å². The molecular formula is C29H34N6O2. The summed E-state index contributed by atoms with van der Waals surface area (Å²) in [6.07, 6.45) is 18.0. The first kappa shape index (κ1) is 23.9. The molecule has 8 heteroatoms. The van der Waals surface area contributed by atoms with Crippen LogP contribution >= 0.6 is 0 Å². The fourth-order valence-corrected chi connectivity index (χ4v) is 5.61.